The van der Waals surface area contributed by atoms with Gasteiger partial charge in [-0.05, 0) is 62.7 Å². The quantitative estimate of drug-likeness (QED) is 0.715. The monoisotopic (exact) mass is 367 g/mol. The largest absolute Gasteiger partial charge is 0.300 e. The van der Waals surface area contributed by atoms with Gasteiger partial charge >= 0.3 is 0 Å². The maximum atomic E-state index is 4.74. The highest BCUT2D eigenvalue weighted by Gasteiger charge is 2.29. The SMILES string of the molecule is Cn1cc(-c2cn(S)c3ncc(C4CCC(N5CCC5)CC4)cc23)cn1. The Morgan fingerprint density at radius 3 is 2.54 bits per heavy atom. The van der Waals surface area contributed by atoms with E-state index in [-0.39, 0.29) is 0 Å². The molecule has 2 aliphatic rings. The number of fused-ring (bicyclic) bond motifs is 1. The number of nitrogens with zero attached hydrogens (tertiary/aromatic N) is 5. The fourth-order valence-electron chi connectivity index (χ4n) is 4.60. The lowest BCUT2D eigenvalue weighted by atomic mass is 9.81. The number of aryl methyl sites for hydroxylation is 1. The first-order valence-corrected chi connectivity index (χ1v) is 10.0. The van der Waals surface area contributed by atoms with Crippen LogP contribution in [0.4, 0.5) is 0 Å². The Morgan fingerprint density at radius 2 is 1.88 bits per heavy atom. The Hall–Kier alpha value is -1.79. The summed E-state index contributed by atoms with van der Waals surface area (Å²) >= 11 is 4.56. The lowest BCUT2D eigenvalue weighted by Gasteiger charge is -2.42. The molecule has 1 aliphatic heterocycles. The van der Waals surface area contributed by atoms with Crippen molar-refractivity contribution in [2.75, 3.05) is 13.1 Å². The van der Waals surface area contributed by atoms with Crippen molar-refractivity contribution in [1.82, 2.24) is 23.6 Å². The molecule has 136 valence electrons. The van der Waals surface area contributed by atoms with E-state index in [9.17, 15) is 0 Å². The van der Waals surface area contributed by atoms with Crippen LogP contribution in [-0.2, 0) is 7.05 Å². The summed E-state index contributed by atoms with van der Waals surface area (Å²) in [5, 5.41) is 5.49. The second kappa shape index (κ2) is 6.43. The molecule has 0 N–H and O–H groups in total. The molecule has 1 aliphatic carbocycles. The van der Waals surface area contributed by atoms with Gasteiger partial charge in [0.15, 0.2) is 0 Å². The number of pyridine rings is 1. The minimum atomic E-state index is 0.634. The molecule has 0 spiro atoms. The van der Waals surface area contributed by atoms with Crippen LogP contribution in [0.15, 0.2) is 30.9 Å². The number of rotatable bonds is 3. The molecule has 4 heterocycles. The number of hydrogen-bond donors (Lipinski definition) is 1. The molecule has 1 saturated heterocycles. The van der Waals surface area contributed by atoms with Gasteiger partial charge in [-0.1, -0.05) is 12.8 Å². The van der Waals surface area contributed by atoms with Crippen molar-refractivity contribution in [2.45, 2.75) is 44.1 Å². The summed E-state index contributed by atoms with van der Waals surface area (Å²) < 4.78 is 3.66. The van der Waals surface area contributed by atoms with E-state index in [1.165, 1.54) is 56.1 Å². The van der Waals surface area contributed by atoms with Crippen LogP contribution in [0.25, 0.3) is 22.2 Å². The summed E-state index contributed by atoms with van der Waals surface area (Å²) in [6.45, 7) is 2.62. The first kappa shape index (κ1) is 16.4. The lowest BCUT2D eigenvalue weighted by molar-refractivity contribution is 0.0869. The van der Waals surface area contributed by atoms with E-state index >= 15 is 0 Å². The Balaban J connectivity index is 1.44. The zero-order chi connectivity index (χ0) is 17.7. The fraction of sp³-hybridized carbons (Fsp3) is 0.500. The highest BCUT2D eigenvalue weighted by Crippen LogP contribution is 2.38. The van der Waals surface area contributed by atoms with Crippen molar-refractivity contribution in [2.24, 2.45) is 7.05 Å². The van der Waals surface area contributed by atoms with Crippen molar-refractivity contribution in [3.05, 3.63) is 36.4 Å². The van der Waals surface area contributed by atoms with Gasteiger partial charge in [-0.2, -0.15) is 5.10 Å². The molecule has 6 heteroatoms. The molecular weight excluding hydrogens is 342 g/mol. The molecule has 5 nitrogen and oxygen atoms in total. The standard InChI is InChI=1S/C20H25N5S/c1-23-12-16(11-22-23)19-13-25(26)20-18(19)9-15(10-21-20)14-3-5-17(6-4-14)24-7-2-8-24/h9-14,17,26H,2-8H2,1H3. The summed E-state index contributed by atoms with van der Waals surface area (Å²) in [5.41, 5.74) is 4.58. The van der Waals surface area contributed by atoms with Crippen LogP contribution in [0.5, 0.6) is 0 Å². The van der Waals surface area contributed by atoms with Crippen molar-refractivity contribution in [3.8, 4) is 11.1 Å². The normalized spacial score (nSPS) is 24.1. The smallest absolute Gasteiger partial charge is 0.150 e. The van der Waals surface area contributed by atoms with Crippen molar-refractivity contribution in [3.63, 3.8) is 0 Å². The van der Waals surface area contributed by atoms with Crippen LogP contribution in [0.2, 0.25) is 0 Å². The number of aromatic nitrogens is 4. The molecule has 26 heavy (non-hydrogen) atoms. The molecule has 5 rings (SSSR count). The van der Waals surface area contributed by atoms with Gasteiger partial charge in [0.2, 0.25) is 0 Å². The van der Waals surface area contributed by atoms with E-state index in [2.05, 4.69) is 35.1 Å². The zero-order valence-corrected chi connectivity index (χ0v) is 16.1. The number of thiol groups is 1. The van der Waals surface area contributed by atoms with E-state index in [4.69, 9.17) is 4.98 Å². The van der Waals surface area contributed by atoms with Gasteiger partial charge in [-0.3, -0.25) is 8.65 Å². The molecule has 0 amide bonds. The molecule has 0 bridgehead atoms. The predicted octanol–water partition coefficient (Wildman–Crippen LogP) is 3.86. The maximum absolute atomic E-state index is 4.74. The first-order chi connectivity index (χ1) is 12.7. The van der Waals surface area contributed by atoms with Crippen LogP contribution in [0.1, 0.15) is 43.6 Å². The van der Waals surface area contributed by atoms with Gasteiger partial charge in [0.05, 0.1) is 6.20 Å². The average molecular weight is 368 g/mol. The lowest BCUT2D eigenvalue weighted by Crippen LogP contribution is -2.46. The molecule has 0 unspecified atom stereocenters. The van der Waals surface area contributed by atoms with Gasteiger partial charge < -0.3 is 4.90 Å². The molecule has 1 saturated carbocycles. The molecule has 2 fully saturated rings. The van der Waals surface area contributed by atoms with Gasteiger partial charge in [0.1, 0.15) is 5.65 Å². The molecular formula is C20H25N5S. The van der Waals surface area contributed by atoms with Crippen molar-refractivity contribution >= 4 is 23.8 Å². The number of hydrogen-bond acceptors (Lipinski definition) is 4. The Bertz CT molecular complexity index is 931. The van der Waals surface area contributed by atoms with Gasteiger partial charge in [0.25, 0.3) is 0 Å². The van der Waals surface area contributed by atoms with Crippen molar-refractivity contribution < 1.29 is 0 Å². The first-order valence-electron chi connectivity index (χ1n) is 9.62. The third-order valence-electron chi connectivity index (χ3n) is 6.24. The van der Waals surface area contributed by atoms with Gasteiger partial charge in [0, 0.05) is 48.2 Å². The topological polar surface area (TPSA) is 38.9 Å². The molecule has 0 aromatic carbocycles. The molecule has 0 radical (unpaired) electrons. The second-order valence-corrected chi connectivity index (χ2v) is 8.26. The molecule has 3 aromatic heterocycles. The van der Waals surface area contributed by atoms with E-state index in [0.29, 0.717) is 5.92 Å². The Kier molecular flexibility index (Phi) is 4.05. The summed E-state index contributed by atoms with van der Waals surface area (Å²) in [5.74, 6) is 0.634. The summed E-state index contributed by atoms with van der Waals surface area (Å²) in [4.78, 5) is 7.41. The predicted molar refractivity (Wildman–Crippen MR) is 108 cm³/mol. The maximum Gasteiger partial charge on any atom is 0.150 e. The fourth-order valence-corrected chi connectivity index (χ4v) is 4.88. The molecule has 3 aromatic rings. The van der Waals surface area contributed by atoms with E-state index < -0.39 is 0 Å². The average Bonchev–Trinajstić information content (AvgIpc) is 3.17. The minimum Gasteiger partial charge on any atom is -0.300 e. The molecule has 0 atom stereocenters. The Morgan fingerprint density at radius 1 is 1.08 bits per heavy atom. The highest BCUT2D eigenvalue weighted by atomic mass is 32.1. The van der Waals surface area contributed by atoms with Crippen LogP contribution in [0, 0.1) is 0 Å². The summed E-state index contributed by atoms with van der Waals surface area (Å²) in [6, 6.07) is 3.16. The highest BCUT2D eigenvalue weighted by molar-refractivity contribution is 7.78. The van der Waals surface area contributed by atoms with E-state index in [0.717, 1.165) is 22.8 Å². The Labute approximate surface area is 159 Å². The van der Waals surface area contributed by atoms with Crippen LogP contribution >= 0.6 is 12.8 Å². The van der Waals surface area contributed by atoms with E-state index in [1.54, 1.807) is 0 Å². The number of likely N-dealkylation sites (tertiary alicyclic amines) is 1. The van der Waals surface area contributed by atoms with Gasteiger partial charge in [-0.15, -0.1) is 0 Å². The summed E-state index contributed by atoms with van der Waals surface area (Å²) in [7, 11) is 1.95. The third-order valence-corrected chi connectivity index (χ3v) is 6.54. The summed E-state index contributed by atoms with van der Waals surface area (Å²) in [6.07, 6.45) is 14.7. The van der Waals surface area contributed by atoms with Crippen LogP contribution in [-0.4, -0.2) is 42.8 Å². The zero-order valence-electron chi connectivity index (χ0n) is 15.2. The van der Waals surface area contributed by atoms with Crippen molar-refractivity contribution in [1.29, 1.82) is 0 Å². The minimum absolute atomic E-state index is 0.634. The van der Waals surface area contributed by atoms with Crippen LogP contribution < -0.4 is 0 Å². The van der Waals surface area contributed by atoms with Gasteiger partial charge in [-0.25, -0.2) is 4.98 Å². The van der Waals surface area contributed by atoms with Crippen LogP contribution in [0.3, 0.4) is 0 Å². The van der Waals surface area contributed by atoms with E-state index in [1.807, 2.05) is 34.3 Å². The second-order valence-electron chi connectivity index (χ2n) is 7.82. The third kappa shape index (κ3) is 2.76.